The Morgan fingerprint density at radius 1 is 1.45 bits per heavy atom. The number of carbonyl (C=O) groups is 2. The molecule has 20 heavy (non-hydrogen) atoms. The zero-order valence-electron chi connectivity index (χ0n) is 11.9. The predicted octanol–water partition coefficient (Wildman–Crippen LogP) is 0.0851. The first kappa shape index (κ1) is 15.0. The summed E-state index contributed by atoms with van der Waals surface area (Å²) in [7, 11) is 0. The summed E-state index contributed by atoms with van der Waals surface area (Å²) in [6.07, 6.45) is 2.10. The van der Waals surface area contributed by atoms with Crippen molar-refractivity contribution in [3.8, 4) is 0 Å². The molecule has 0 radical (unpaired) electrons. The standard InChI is InChI=1S/C14H22N2O4/c1-3-20-14(18)10(2)8-16-6-7-19-9-12(16)13(17)15-11-4-5-11/h11-12H,2-9H2,1H3,(H,15,17). The maximum Gasteiger partial charge on any atom is 0.334 e. The lowest BCUT2D eigenvalue weighted by atomic mass is 10.1. The van der Waals surface area contributed by atoms with Crippen LogP contribution in [0.4, 0.5) is 0 Å². The highest BCUT2D eigenvalue weighted by molar-refractivity contribution is 5.88. The van der Waals surface area contributed by atoms with Crippen molar-refractivity contribution in [1.29, 1.82) is 0 Å². The number of hydrogen-bond donors (Lipinski definition) is 1. The molecule has 6 heteroatoms. The third-order valence-electron chi connectivity index (χ3n) is 3.42. The van der Waals surface area contributed by atoms with Gasteiger partial charge in [-0.1, -0.05) is 6.58 Å². The summed E-state index contributed by atoms with van der Waals surface area (Å²) in [4.78, 5) is 25.7. The highest BCUT2D eigenvalue weighted by atomic mass is 16.5. The average Bonchev–Trinajstić information content (AvgIpc) is 3.23. The molecule has 2 fully saturated rings. The molecule has 0 spiro atoms. The number of hydrogen-bond acceptors (Lipinski definition) is 5. The molecule has 112 valence electrons. The van der Waals surface area contributed by atoms with Crippen molar-refractivity contribution in [2.75, 3.05) is 32.9 Å². The third kappa shape index (κ3) is 4.05. The van der Waals surface area contributed by atoms with Crippen molar-refractivity contribution < 1.29 is 19.1 Å². The van der Waals surface area contributed by atoms with Gasteiger partial charge in [0.1, 0.15) is 6.04 Å². The van der Waals surface area contributed by atoms with E-state index in [1.807, 2.05) is 4.90 Å². The minimum atomic E-state index is -0.402. The summed E-state index contributed by atoms with van der Waals surface area (Å²) in [6, 6.07) is -0.0324. The van der Waals surface area contributed by atoms with E-state index in [1.165, 1.54) is 0 Å². The molecule has 1 saturated carbocycles. The summed E-state index contributed by atoms with van der Waals surface area (Å²) >= 11 is 0. The van der Waals surface area contributed by atoms with Crippen LogP contribution in [0.25, 0.3) is 0 Å². The topological polar surface area (TPSA) is 67.9 Å². The molecule has 1 aliphatic heterocycles. The second-order valence-electron chi connectivity index (χ2n) is 5.17. The number of amides is 1. The zero-order chi connectivity index (χ0) is 14.5. The van der Waals surface area contributed by atoms with Gasteiger partial charge in [0.25, 0.3) is 0 Å². The lowest BCUT2D eigenvalue weighted by Crippen LogP contribution is -2.54. The number of morpholine rings is 1. The molecule has 6 nitrogen and oxygen atoms in total. The number of esters is 1. The maximum absolute atomic E-state index is 12.2. The van der Waals surface area contributed by atoms with Crippen molar-refractivity contribution in [3.63, 3.8) is 0 Å². The van der Waals surface area contributed by atoms with Crippen LogP contribution < -0.4 is 5.32 Å². The van der Waals surface area contributed by atoms with Gasteiger partial charge in [-0.25, -0.2) is 4.79 Å². The van der Waals surface area contributed by atoms with Crippen molar-refractivity contribution in [3.05, 3.63) is 12.2 Å². The molecule has 2 rings (SSSR count). The monoisotopic (exact) mass is 282 g/mol. The smallest absolute Gasteiger partial charge is 0.334 e. The lowest BCUT2D eigenvalue weighted by Gasteiger charge is -2.34. The van der Waals surface area contributed by atoms with Crippen LogP contribution in [0.3, 0.4) is 0 Å². The van der Waals surface area contributed by atoms with Crippen LogP contribution in [-0.2, 0) is 19.1 Å². The highest BCUT2D eigenvalue weighted by Gasteiger charge is 2.33. The largest absolute Gasteiger partial charge is 0.463 e. The summed E-state index contributed by atoms with van der Waals surface area (Å²) in [5, 5.41) is 2.97. The van der Waals surface area contributed by atoms with Gasteiger partial charge in [0, 0.05) is 24.7 Å². The van der Waals surface area contributed by atoms with Gasteiger partial charge in [-0.2, -0.15) is 0 Å². The van der Waals surface area contributed by atoms with E-state index in [9.17, 15) is 9.59 Å². The first-order chi connectivity index (χ1) is 9.61. The van der Waals surface area contributed by atoms with Gasteiger partial charge in [0.15, 0.2) is 0 Å². The van der Waals surface area contributed by atoms with E-state index >= 15 is 0 Å². The second kappa shape index (κ2) is 6.85. The van der Waals surface area contributed by atoms with E-state index in [2.05, 4.69) is 11.9 Å². The molecule has 0 bridgehead atoms. The van der Waals surface area contributed by atoms with Gasteiger partial charge in [0.2, 0.25) is 5.91 Å². The molecule has 1 amide bonds. The molecule has 0 aromatic rings. The van der Waals surface area contributed by atoms with Gasteiger partial charge < -0.3 is 14.8 Å². The Morgan fingerprint density at radius 3 is 2.85 bits per heavy atom. The van der Waals surface area contributed by atoms with Crippen LogP contribution in [-0.4, -0.2) is 61.8 Å². The number of nitrogens with one attached hydrogen (secondary N) is 1. The maximum atomic E-state index is 12.2. The average molecular weight is 282 g/mol. The Labute approximate surface area is 119 Å². The van der Waals surface area contributed by atoms with E-state index in [0.717, 1.165) is 12.8 Å². The molecule has 0 aromatic heterocycles. The zero-order valence-corrected chi connectivity index (χ0v) is 11.9. The van der Waals surface area contributed by atoms with Crippen LogP contribution in [0, 0.1) is 0 Å². The number of rotatable bonds is 6. The molecule has 1 unspecified atom stereocenters. The quantitative estimate of drug-likeness (QED) is 0.552. The van der Waals surface area contributed by atoms with Crippen LogP contribution in [0.5, 0.6) is 0 Å². The molecule has 2 aliphatic rings. The Hall–Kier alpha value is -1.40. The third-order valence-corrected chi connectivity index (χ3v) is 3.42. The van der Waals surface area contributed by atoms with Gasteiger partial charge in [0.05, 0.1) is 19.8 Å². The van der Waals surface area contributed by atoms with Gasteiger partial charge in [-0.3, -0.25) is 9.69 Å². The molecular formula is C14H22N2O4. The number of carbonyl (C=O) groups excluding carboxylic acids is 2. The molecular weight excluding hydrogens is 260 g/mol. The van der Waals surface area contributed by atoms with Crippen LogP contribution in [0.2, 0.25) is 0 Å². The van der Waals surface area contributed by atoms with E-state index in [4.69, 9.17) is 9.47 Å². The van der Waals surface area contributed by atoms with E-state index in [0.29, 0.717) is 44.5 Å². The minimum absolute atomic E-state index is 0.0242. The Kier molecular flexibility index (Phi) is 5.14. The van der Waals surface area contributed by atoms with Gasteiger partial charge in [-0.15, -0.1) is 0 Å². The first-order valence-electron chi connectivity index (χ1n) is 7.09. The molecule has 1 aliphatic carbocycles. The van der Waals surface area contributed by atoms with Crippen molar-refractivity contribution >= 4 is 11.9 Å². The molecule has 1 atom stereocenters. The van der Waals surface area contributed by atoms with Crippen molar-refractivity contribution in [2.45, 2.75) is 31.8 Å². The summed E-state index contributed by atoms with van der Waals surface area (Å²) in [5.74, 6) is -0.427. The van der Waals surface area contributed by atoms with Gasteiger partial charge in [-0.05, 0) is 19.8 Å². The van der Waals surface area contributed by atoms with Crippen LogP contribution in [0.15, 0.2) is 12.2 Å². The molecule has 0 aromatic carbocycles. The fourth-order valence-electron chi connectivity index (χ4n) is 2.14. The first-order valence-corrected chi connectivity index (χ1v) is 7.09. The fraction of sp³-hybridized carbons (Fsp3) is 0.714. The molecule has 1 saturated heterocycles. The second-order valence-corrected chi connectivity index (χ2v) is 5.17. The summed E-state index contributed by atoms with van der Waals surface area (Å²) < 4.78 is 10.3. The fourth-order valence-corrected chi connectivity index (χ4v) is 2.14. The van der Waals surface area contributed by atoms with Crippen LogP contribution >= 0.6 is 0 Å². The summed E-state index contributed by atoms with van der Waals surface area (Å²) in [5.41, 5.74) is 0.373. The SMILES string of the molecule is C=C(CN1CCOCC1C(=O)NC1CC1)C(=O)OCC. The number of ether oxygens (including phenoxy) is 2. The highest BCUT2D eigenvalue weighted by Crippen LogP contribution is 2.20. The Morgan fingerprint density at radius 2 is 2.20 bits per heavy atom. The Bertz CT molecular complexity index is 393. The molecule has 1 heterocycles. The number of nitrogens with zero attached hydrogens (tertiary/aromatic N) is 1. The minimum Gasteiger partial charge on any atom is -0.463 e. The van der Waals surface area contributed by atoms with E-state index in [-0.39, 0.29) is 11.9 Å². The molecule has 1 N–H and O–H groups in total. The van der Waals surface area contributed by atoms with Crippen LogP contribution in [0.1, 0.15) is 19.8 Å². The normalized spacial score (nSPS) is 23.1. The van der Waals surface area contributed by atoms with E-state index in [1.54, 1.807) is 6.92 Å². The van der Waals surface area contributed by atoms with Crippen molar-refractivity contribution in [1.82, 2.24) is 10.2 Å². The Balaban J connectivity index is 1.90. The van der Waals surface area contributed by atoms with Gasteiger partial charge >= 0.3 is 5.97 Å². The summed E-state index contributed by atoms with van der Waals surface area (Å²) in [6.45, 7) is 7.69. The predicted molar refractivity (Wildman–Crippen MR) is 73.1 cm³/mol. The lowest BCUT2D eigenvalue weighted by molar-refractivity contribution is -0.140. The van der Waals surface area contributed by atoms with E-state index < -0.39 is 5.97 Å². The van der Waals surface area contributed by atoms with Crippen molar-refractivity contribution in [2.24, 2.45) is 0 Å².